The minimum atomic E-state index is -0.466. The van der Waals surface area contributed by atoms with Crippen molar-refractivity contribution in [2.75, 3.05) is 7.05 Å². The Hall–Kier alpha value is -0.920. The predicted octanol–water partition coefficient (Wildman–Crippen LogP) is 2.96. The molecule has 5 nitrogen and oxygen atoms in total. The largest absolute Gasteiger partial charge is 0.333 e. The van der Waals surface area contributed by atoms with Gasteiger partial charge in [0.05, 0.1) is 6.04 Å². The third-order valence-electron chi connectivity index (χ3n) is 2.79. The van der Waals surface area contributed by atoms with Crippen molar-refractivity contribution < 1.29 is 9.59 Å². The third-order valence-corrected chi connectivity index (χ3v) is 4.48. The maximum Gasteiger partial charge on any atom is 0.321 e. The summed E-state index contributed by atoms with van der Waals surface area (Å²) in [7, 11) is 1.86. The summed E-state index contributed by atoms with van der Waals surface area (Å²) >= 11 is 5.04. The number of likely N-dealkylation sites (N-methyl/N-ethyl adjacent to an activating group) is 1. The number of carbonyl (C=O) groups is 2. The van der Waals surface area contributed by atoms with Crippen LogP contribution in [-0.2, 0) is 11.3 Å². The first-order valence-electron chi connectivity index (χ1n) is 6.64. The Labute approximate surface area is 138 Å². The summed E-state index contributed by atoms with van der Waals surface area (Å²) in [5, 5.41) is 7.08. The van der Waals surface area contributed by atoms with E-state index in [1.807, 2.05) is 44.2 Å². The number of rotatable bonds is 4. The van der Waals surface area contributed by atoms with E-state index < -0.39 is 12.1 Å². The number of amides is 3. The second-order valence-corrected chi connectivity index (χ2v) is 7.93. The highest BCUT2D eigenvalue weighted by atomic mass is 79.9. The van der Waals surface area contributed by atoms with Gasteiger partial charge in [0.25, 0.3) is 0 Å². The van der Waals surface area contributed by atoms with Gasteiger partial charge >= 0.3 is 6.03 Å². The van der Waals surface area contributed by atoms with Crippen LogP contribution in [-0.4, -0.2) is 35.5 Å². The normalized spacial score (nSPS) is 13.1. The Kier molecular flexibility index (Phi) is 6.37. The van der Waals surface area contributed by atoms with Crippen molar-refractivity contribution in [3.63, 3.8) is 0 Å². The first-order valence-corrected chi connectivity index (χ1v) is 8.32. The van der Waals surface area contributed by atoms with Crippen LogP contribution in [0.1, 0.15) is 32.6 Å². The Balaban J connectivity index is 2.51. The van der Waals surface area contributed by atoms with Crippen LogP contribution >= 0.6 is 27.3 Å². The van der Waals surface area contributed by atoms with E-state index in [1.165, 1.54) is 0 Å². The SMILES string of the molecule is CC(C(=O)NC(=O)NC(C)(C)C)N(C)Cc1cc(Br)cs1. The molecule has 0 aliphatic rings. The van der Waals surface area contributed by atoms with E-state index in [-0.39, 0.29) is 11.4 Å². The fourth-order valence-electron chi connectivity index (χ4n) is 1.61. The fraction of sp³-hybridized carbons (Fsp3) is 0.571. The van der Waals surface area contributed by atoms with E-state index in [4.69, 9.17) is 0 Å². The molecule has 1 atom stereocenters. The molecule has 21 heavy (non-hydrogen) atoms. The number of urea groups is 1. The molecule has 3 amide bonds. The molecule has 1 rings (SSSR count). The molecule has 0 saturated heterocycles. The van der Waals surface area contributed by atoms with Crippen LogP contribution in [0.15, 0.2) is 15.9 Å². The Morgan fingerprint density at radius 2 is 2.05 bits per heavy atom. The van der Waals surface area contributed by atoms with Crippen LogP contribution in [0.25, 0.3) is 0 Å². The second-order valence-electron chi connectivity index (χ2n) is 6.02. The fourth-order valence-corrected chi connectivity index (χ4v) is 3.12. The summed E-state index contributed by atoms with van der Waals surface area (Å²) in [6.07, 6.45) is 0. The molecule has 0 aliphatic heterocycles. The number of nitrogens with one attached hydrogen (secondary N) is 2. The molecule has 0 fully saturated rings. The van der Waals surface area contributed by atoms with Gasteiger partial charge in [-0.25, -0.2) is 4.79 Å². The topological polar surface area (TPSA) is 61.4 Å². The molecule has 1 aromatic heterocycles. The van der Waals surface area contributed by atoms with Crippen LogP contribution in [0.2, 0.25) is 0 Å². The molecule has 2 N–H and O–H groups in total. The molecule has 1 aromatic rings. The smallest absolute Gasteiger partial charge is 0.321 e. The summed E-state index contributed by atoms with van der Waals surface area (Å²) in [6.45, 7) is 8.03. The molecule has 0 saturated carbocycles. The highest BCUT2D eigenvalue weighted by Crippen LogP contribution is 2.21. The zero-order chi connectivity index (χ0) is 16.2. The van der Waals surface area contributed by atoms with E-state index in [0.717, 1.165) is 9.35 Å². The van der Waals surface area contributed by atoms with Crippen LogP contribution in [0.4, 0.5) is 4.79 Å². The van der Waals surface area contributed by atoms with Gasteiger partial charge in [0.2, 0.25) is 5.91 Å². The molecule has 0 aromatic carbocycles. The number of nitrogens with zero attached hydrogens (tertiary/aromatic N) is 1. The summed E-state index contributed by atoms with van der Waals surface area (Å²) in [4.78, 5) is 26.8. The first kappa shape index (κ1) is 18.1. The Bertz CT molecular complexity index is 511. The van der Waals surface area contributed by atoms with Gasteiger partial charge in [-0.2, -0.15) is 0 Å². The van der Waals surface area contributed by atoms with E-state index in [0.29, 0.717) is 6.54 Å². The average Bonchev–Trinajstić information content (AvgIpc) is 2.70. The summed E-state index contributed by atoms with van der Waals surface area (Å²) in [5.74, 6) is -0.310. The van der Waals surface area contributed by atoms with Gasteiger partial charge in [-0.3, -0.25) is 15.0 Å². The molecular weight excluding hydrogens is 354 g/mol. The molecule has 1 heterocycles. The first-order chi connectivity index (χ1) is 9.58. The Morgan fingerprint density at radius 3 is 2.52 bits per heavy atom. The van der Waals surface area contributed by atoms with Gasteiger partial charge in [-0.15, -0.1) is 11.3 Å². The highest BCUT2D eigenvalue weighted by Gasteiger charge is 2.22. The molecule has 7 heteroatoms. The van der Waals surface area contributed by atoms with Gasteiger partial charge in [0.1, 0.15) is 0 Å². The summed E-state index contributed by atoms with van der Waals surface area (Å²) in [6, 6.07) is 1.17. The van der Waals surface area contributed by atoms with E-state index in [9.17, 15) is 9.59 Å². The maximum absolute atomic E-state index is 12.1. The number of imide groups is 1. The molecular formula is C14H22BrN3O2S. The van der Waals surface area contributed by atoms with Gasteiger partial charge in [0.15, 0.2) is 0 Å². The molecule has 0 spiro atoms. The third kappa shape index (κ3) is 6.58. The molecule has 118 valence electrons. The Morgan fingerprint density at radius 1 is 1.43 bits per heavy atom. The van der Waals surface area contributed by atoms with Gasteiger partial charge in [0, 0.05) is 26.8 Å². The second kappa shape index (κ2) is 7.38. The van der Waals surface area contributed by atoms with Crippen LogP contribution in [0, 0.1) is 0 Å². The van der Waals surface area contributed by atoms with Crippen molar-refractivity contribution >= 4 is 39.2 Å². The van der Waals surface area contributed by atoms with Crippen molar-refractivity contribution in [1.82, 2.24) is 15.5 Å². The lowest BCUT2D eigenvalue weighted by molar-refractivity contribution is -0.124. The molecule has 1 unspecified atom stereocenters. The van der Waals surface area contributed by atoms with Gasteiger partial charge in [-0.1, -0.05) is 0 Å². The average molecular weight is 376 g/mol. The zero-order valence-corrected chi connectivity index (χ0v) is 15.4. The van der Waals surface area contributed by atoms with Crippen LogP contribution in [0.3, 0.4) is 0 Å². The van der Waals surface area contributed by atoms with Crippen LogP contribution in [0.5, 0.6) is 0 Å². The summed E-state index contributed by atoms with van der Waals surface area (Å²) < 4.78 is 1.04. The van der Waals surface area contributed by atoms with Gasteiger partial charge < -0.3 is 5.32 Å². The monoisotopic (exact) mass is 375 g/mol. The van der Waals surface area contributed by atoms with E-state index in [1.54, 1.807) is 18.3 Å². The number of hydrogen-bond acceptors (Lipinski definition) is 4. The standard InChI is InChI=1S/C14H22BrN3O2S/c1-9(12(19)16-13(20)17-14(2,3)4)18(5)7-11-6-10(15)8-21-11/h6,8-9H,7H2,1-5H3,(H2,16,17,19,20). The lowest BCUT2D eigenvalue weighted by Crippen LogP contribution is -2.52. The van der Waals surface area contributed by atoms with Gasteiger partial charge in [-0.05, 0) is 56.7 Å². The minimum Gasteiger partial charge on any atom is -0.333 e. The number of halogens is 1. The highest BCUT2D eigenvalue weighted by molar-refractivity contribution is 9.10. The number of carbonyl (C=O) groups excluding carboxylic acids is 2. The van der Waals surface area contributed by atoms with E-state index >= 15 is 0 Å². The van der Waals surface area contributed by atoms with Crippen molar-refractivity contribution in [3.05, 3.63) is 20.8 Å². The molecule has 0 aliphatic carbocycles. The summed E-state index contributed by atoms with van der Waals surface area (Å²) in [5.41, 5.74) is -0.372. The van der Waals surface area contributed by atoms with Crippen molar-refractivity contribution in [2.45, 2.75) is 45.8 Å². The number of hydrogen-bond donors (Lipinski definition) is 2. The lowest BCUT2D eigenvalue weighted by atomic mass is 10.1. The maximum atomic E-state index is 12.1. The van der Waals surface area contributed by atoms with Crippen molar-refractivity contribution in [3.8, 4) is 0 Å². The minimum absolute atomic E-state index is 0.310. The van der Waals surface area contributed by atoms with Crippen molar-refractivity contribution in [2.24, 2.45) is 0 Å². The number of thiophene rings is 1. The predicted molar refractivity (Wildman–Crippen MR) is 89.4 cm³/mol. The quantitative estimate of drug-likeness (QED) is 0.850. The lowest BCUT2D eigenvalue weighted by Gasteiger charge is -2.25. The molecule has 0 radical (unpaired) electrons. The van der Waals surface area contributed by atoms with E-state index in [2.05, 4.69) is 26.6 Å². The molecule has 0 bridgehead atoms. The zero-order valence-electron chi connectivity index (χ0n) is 13.0. The van der Waals surface area contributed by atoms with Crippen molar-refractivity contribution in [1.29, 1.82) is 0 Å². The van der Waals surface area contributed by atoms with Crippen LogP contribution < -0.4 is 10.6 Å².